The fourth-order valence-corrected chi connectivity index (χ4v) is 1.54. The highest BCUT2D eigenvalue weighted by molar-refractivity contribution is 5.50. The number of benzene rings is 1. The van der Waals surface area contributed by atoms with Crippen LogP contribution in [0.2, 0.25) is 0 Å². The summed E-state index contributed by atoms with van der Waals surface area (Å²) < 4.78 is 5.18. The van der Waals surface area contributed by atoms with Crippen LogP contribution in [0.15, 0.2) is 18.2 Å². The second kappa shape index (κ2) is 5.75. The van der Waals surface area contributed by atoms with E-state index in [0.29, 0.717) is 18.3 Å². The van der Waals surface area contributed by atoms with Gasteiger partial charge in [0, 0.05) is 12.8 Å². The van der Waals surface area contributed by atoms with Gasteiger partial charge in [-0.3, -0.25) is 0 Å². The number of hydrogen-bond donors (Lipinski definition) is 2. The fourth-order valence-electron chi connectivity index (χ4n) is 1.54. The maximum absolute atomic E-state index is 9.44. The van der Waals surface area contributed by atoms with Gasteiger partial charge in [0.25, 0.3) is 0 Å². The van der Waals surface area contributed by atoms with Crippen LogP contribution in [0.1, 0.15) is 19.4 Å². The predicted molar refractivity (Wildman–Crippen MR) is 67.0 cm³/mol. The summed E-state index contributed by atoms with van der Waals surface area (Å²) in [6, 6.07) is 5.82. The van der Waals surface area contributed by atoms with E-state index in [2.05, 4.69) is 19.2 Å². The zero-order valence-corrected chi connectivity index (χ0v) is 10.4. The molecule has 0 aromatic heterocycles. The first-order valence-corrected chi connectivity index (χ1v) is 5.59. The van der Waals surface area contributed by atoms with Crippen molar-refractivity contribution in [2.24, 2.45) is 5.92 Å². The second-order valence-corrected chi connectivity index (χ2v) is 4.45. The maximum Gasteiger partial charge on any atom is 0.118 e. The van der Waals surface area contributed by atoms with Gasteiger partial charge in [-0.2, -0.15) is 0 Å². The van der Waals surface area contributed by atoms with E-state index < -0.39 is 0 Å². The Kier molecular flexibility index (Phi) is 4.62. The first kappa shape index (κ1) is 12.8. The molecule has 0 bridgehead atoms. The molecule has 0 amide bonds. The fraction of sp³-hybridized carbons (Fsp3) is 0.538. The van der Waals surface area contributed by atoms with E-state index in [-0.39, 0.29) is 6.04 Å². The normalized spacial score (nSPS) is 12.8. The number of nitrogens with one attached hydrogen (secondary N) is 1. The summed E-state index contributed by atoms with van der Waals surface area (Å²) in [5.74, 6) is 0.826. The van der Waals surface area contributed by atoms with Crippen LogP contribution >= 0.6 is 0 Å². The summed E-state index contributed by atoms with van der Waals surface area (Å²) >= 11 is 0. The van der Waals surface area contributed by atoms with Crippen LogP contribution in [-0.4, -0.2) is 24.9 Å². The van der Waals surface area contributed by atoms with Crippen molar-refractivity contribution in [3.8, 4) is 5.75 Å². The van der Waals surface area contributed by atoms with Crippen molar-refractivity contribution in [1.82, 2.24) is 0 Å². The molecule has 3 heteroatoms. The number of ether oxygens (including phenoxy) is 1. The van der Waals surface area contributed by atoms with Crippen LogP contribution in [0, 0.1) is 12.8 Å². The highest BCUT2D eigenvalue weighted by Gasteiger charge is 2.12. The van der Waals surface area contributed by atoms with Gasteiger partial charge in [0.2, 0.25) is 0 Å². The van der Waals surface area contributed by atoms with Crippen molar-refractivity contribution in [1.29, 1.82) is 0 Å². The largest absolute Gasteiger partial charge is 0.508 e. The van der Waals surface area contributed by atoms with Crippen molar-refractivity contribution in [3.63, 3.8) is 0 Å². The minimum absolute atomic E-state index is 0.286. The Hall–Kier alpha value is -1.22. The molecule has 0 aliphatic carbocycles. The zero-order chi connectivity index (χ0) is 12.1. The van der Waals surface area contributed by atoms with Crippen LogP contribution in [0.5, 0.6) is 5.75 Å². The molecule has 0 radical (unpaired) electrons. The number of aryl methyl sites for hydroxylation is 1. The van der Waals surface area contributed by atoms with Gasteiger partial charge in [-0.05, 0) is 36.6 Å². The van der Waals surface area contributed by atoms with Gasteiger partial charge in [0.15, 0.2) is 0 Å². The summed E-state index contributed by atoms with van der Waals surface area (Å²) in [6.45, 7) is 6.88. The van der Waals surface area contributed by atoms with Gasteiger partial charge in [-0.1, -0.05) is 13.8 Å². The molecule has 0 spiro atoms. The molecule has 1 aromatic rings. The Morgan fingerprint density at radius 3 is 2.56 bits per heavy atom. The number of rotatable bonds is 5. The molecule has 0 aliphatic heterocycles. The molecule has 0 fully saturated rings. The Morgan fingerprint density at radius 2 is 2.06 bits per heavy atom. The molecule has 90 valence electrons. The molecule has 1 atom stereocenters. The summed E-state index contributed by atoms with van der Waals surface area (Å²) in [6.07, 6.45) is 0. The average molecular weight is 223 g/mol. The molecule has 3 nitrogen and oxygen atoms in total. The van der Waals surface area contributed by atoms with Crippen molar-refractivity contribution in [2.45, 2.75) is 26.8 Å². The van der Waals surface area contributed by atoms with Crippen LogP contribution in [0.3, 0.4) is 0 Å². The van der Waals surface area contributed by atoms with E-state index in [1.807, 2.05) is 19.1 Å². The van der Waals surface area contributed by atoms with E-state index in [9.17, 15) is 5.11 Å². The van der Waals surface area contributed by atoms with E-state index >= 15 is 0 Å². The lowest BCUT2D eigenvalue weighted by atomic mass is 10.0. The molecule has 0 aliphatic rings. The molecule has 16 heavy (non-hydrogen) atoms. The van der Waals surface area contributed by atoms with Gasteiger partial charge in [0.1, 0.15) is 5.75 Å². The number of anilines is 1. The number of aromatic hydroxyl groups is 1. The van der Waals surface area contributed by atoms with Gasteiger partial charge in [-0.15, -0.1) is 0 Å². The summed E-state index contributed by atoms with van der Waals surface area (Å²) in [4.78, 5) is 0. The molecule has 1 aromatic carbocycles. The summed E-state index contributed by atoms with van der Waals surface area (Å²) in [5, 5.41) is 12.8. The number of hydrogen-bond acceptors (Lipinski definition) is 3. The summed E-state index contributed by atoms with van der Waals surface area (Å²) in [5.41, 5.74) is 1.90. The van der Waals surface area contributed by atoms with E-state index in [1.165, 1.54) is 0 Å². The maximum atomic E-state index is 9.44. The van der Waals surface area contributed by atoms with Crippen LogP contribution in [0.25, 0.3) is 0 Å². The molecule has 0 saturated carbocycles. The predicted octanol–water partition coefficient (Wildman–Crippen LogP) is 2.78. The Labute approximate surface area is 97.4 Å². The minimum atomic E-state index is 0.286. The molecule has 0 saturated heterocycles. The number of methoxy groups -OCH3 is 1. The minimum Gasteiger partial charge on any atom is -0.508 e. The molecule has 2 N–H and O–H groups in total. The SMILES string of the molecule is COCC(Nc1ccc(O)c(C)c1)C(C)C. The van der Waals surface area contributed by atoms with Crippen LogP contribution < -0.4 is 5.32 Å². The highest BCUT2D eigenvalue weighted by atomic mass is 16.5. The lowest BCUT2D eigenvalue weighted by Crippen LogP contribution is -2.30. The van der Waals surface area contributed by atoms with E-state index in [0.717, 1.165) is 11.3 Å². The Morgan fingerprint density at radius 1 is 1.38 bits per heavy atom. The van der Waals surface area contributed by atoms with Crippen molar-refractivity contribution < 1.29 is 9.84 Å². The third-order valence-corrected chi connectivity index (χ3v) is 2.70. The topological polar surface area (TPSA) is 41.5 Å². The second-order valence-electron chi connectivity index (χ2n) is 4.45. The van der Waals surface area contributed by atoms with Crippen molar-refractivity contribution >= 4 is 5.69 Å². The quantitative estimate of drug-likeness (QED) is 0.754. The molecular formula is C13H21NO2. The van der Waals surface area contributed by atoms with Gasteiger partial charge >= 0.3 is 0 Å². The van der Waals surface area contributed by atoms with Gasteiger partial charge in [0.05, 0.1) is 12.6 Å². The first-order chi connectivity index (χ1) is 7.54. The monoisotopic (exact) mass is 223 g/mol. The Bertz CT molecular complexity index is 337. The van der Waals surface area contributed by atoms with Crippen molar-refractivity contribution in [3.05, 3.63) is 23.8 Å². The standard InChI is InChI=1S/C13H21NO2/c1-9(2)12(8-16-4)14-11-5-6-13(15)10(3)7-11/h5-7,9,12,14-15H,8H2,1-4H3. The van der Waals surface area contributed by atoms with Crippen LogP contribution in [0.4, 0.5) is 5.69 Å². The average Bonchev–Trinajstić information content (AvgIpc) is 2.22. The van der Waals surface area contributed by atoms with Crippen LogP contribution in [-0.2, 0) is 4.74 Å². The number of phenolic OH excluding ortho intramolecular Hbond substituents is 1. The smallest absolute Gasteiger partial charge is 0.118 e. The third kappa shape index (κ3) is 3.42. The molecule has 1 rings (SSSR count). The van der Waals surface area contributed by atoms with Gasteiger partial charge in [-0.25, -0.2) is 0 Å². The van der Waals surface area contributed by atoms with Crippen molar-refractivity contribution in [2.75, 3.05) is 19.0 Å². The molecule has 0 heterocycles. The molecule has 1 unspecified atom stereocenters. The Balaban J connectivity index is 2.73. The lowest BCUT2D eigenvalue weighted by molar-refractivity contribution is 0.171. The first-order valence-electron chi connectivity index (χ1n) is 5.59. The summed E-state index contributed by atoms with van der Waals surface area (Å²) in [7, 11) is 1.71. The van der Waals surface area contributed by atoms with Gasteiger partial charge < -0.3 is 15.2 Å². The molecular weight excluding hydrogens is 202 g/mol. The van der Waals surface area contributed by atoms with E-state index in [1.54, 1.807) is 13.2 Å². The highest BCUT2D eigenvalue weighted by Crippen LogP contribution is 2.21. The van der Waals surface area contributed by atoms with E-state index in [4.69, 9.17) is 4.74 Å². The number of phenols is 1. The zero-order valence-electron chi connectivity index (χ0n) is 10.4. The lowest BCUT2D eigenvalue weighted by Gasteiger charge is -2.23. The third-order valence-electron chi connectivity index (χ3n) is 2.70.